The third kappa shape index (κ3) is 2.77. The summed E-state index contributed by atoms with van der Waals surface area (Å²) in [6.07, 6.45) is 3.25. The summed E-state index contributed by atoms with van der Waals surface area (Å²) < 4.78 is 1.66. The summed E-state index contributed by atoms with van der Waals surface area (Å²) in [5, 5.41) is 2.05. The Morgan fingerprint density at radius 1 is 1.30 bits per heavy atom. The third-order valence-electron chi connectivity index (χ3n) is 2.88. The van der Waals surface area contributed by atoms with Gasteiger partial charge >= 0.3 is 6.03 Å². The topological polar surface area (TPSA) is 116 Å². The minimum atomic E-state index is -0.879. The van der Waals surface area contributed by atoms with Gasteiger partial charge in [-0.05, 0) is 31.2 Å². The number of nitrogens with one attached hydrogen (secondary N) is 1. The molecule has 0 saturated heterocycles. The first-order valence-corrected chi connectivity index (χ1v) is 5.98. The van der Waals surface area contributed by atoms with Crippen LogP contribution in [0.25, 0.3) is 11.4 Å². The Morgan fingerprint density at radius 3 is 2.55 bits per heavy atom. The number of imidazole rings is 1. The Hall–Kier alpha value is -2.83. The van der Waals surface area contributed by atoms with Crippen LogP contribution in [0, 0.1) is 0 Å². The van der Waals surface area contributed by atoms with E-state index in [0.717, 1.165) is 5.56 Å². The molecule has 0 saturated carbocycles. The number of hydrogen-bond acceptors (Lipinski definition) is 4. The average Bonchev–Trinajstić information content (AvgIpc) is 2.87. The summed E-state index contributed by atoms with van der Waals surface area (Å²) in [4.78, 5) is 26.8. The molecule has 104 valence electrons. The van der Waals surface area contributed by atoms with Crippen LogP contribution < -0.4 is 16.8 Å². The van der Waals surface area contributed by atoms with Crippen LogP contribution in [0.15, 0.2) is 36.7 Å². The van der Waals surface area contributed by atoms with Crippen molar-refractivity contribution in [3.8, 4) is 11.4 Å². The fourth-order valence-corrected chi connectivity index (χ4v) is 1.83. The lowest BCUT2D eigenvalue weighted by atomic mass is 10.2. The van der Waals surface area contributed by atoms with Gasteiger partial charge < -0.3 is 16.0 Å². The minimum absolute atomic E-state index is 0.493. The molecule has 3 amide bonds. The maximum Gasteiger partial charge on any atom is 0.318 e. The second-order valence-electron chi connectivity index (χ2n) is 4.31. The highest BCUT2D eigenvalue weighted by Gasteiger charge is 2.19. The largest absolute Gasteiger partial charge is 0.399 e. The molecule has 0 aliphatic rings. The van der Waals surface area contributed by atoms with Crippen LogP contribution in [0.2, 0.25) is 0 Å². The number of aromatic nitrogens is 2. The average molecular weight is 273 g/mol. The van der Waals surface area contributed by atoms with E-state index in [-0.39, 0.29) is 0 Å². The van der Waals surface area contributed by atoms with Crippen molar-refractivity contribution in [2.75, 3.05) is 5.73 Å². The van der Waals surface area contributed by atoms with E-state index in [0.29, 0.717) is 11.5 Å². The van der Waals surface area contributed by atoms with Gasteiger partial charge in [0.05, 0.1) is 0 Å². The van der Waals surface area contributed by atoms with Gasteiger partial charge in [0, 0.05) is 23.6 Å². The van der Waals surface area contributed by atoms with Crippen molar-refractivity contribution in [2.45, 2.75) is 13.0 Å². The standard InChI is InChI=1S/C13H15N5O2/c1-8(12(19)17-13(15)20)18-7-6-16-11(18)9-2-4-10(14)5-3-9/h2-8H,14H2,1H3,(H3,15,17,19,20). The Kier molecular flexibility index (Phi) is 3.69. The molecule has 0 aliphatic heterocycles. The number of benzene rings is 1. The maximum absolute atomic E-state index is 11.8. The first-order valence-electron chi connectivity index (χ1n) is 5.98. The van der Waals surface area contributed by atoms with Gasteiger partial charge in [-0.15, -0.1) is 0 Å². The van der Waals surface area contributed by atoms with Crippen LogP contribution in [0.3, 0.4) is 0 Å². The normalized spacial score (nSPS) is 11.8. The summed E-state index contributed by atoms with van der Waals surface area (Å²) in [6.45, 7) is 1.65. The van der Waals surface area contributed by atoms with Crippen molar-refractivity contribution in [3.05, 3.63) is 36.7 Å². The fourth-order valence-electron chi connectivity index (χ4n) is 1.83. The van der Waals surface area contributed by atoms with E-state index in [4.69, 9.17) is 11.5 Å². The van der Waals surface area contributed by atoms with Gasteiger partial charge in [0.15, 0.2) is 0 Å². The van der Waals surface area contributed by atoms with Crippen LogP contribution in [-0.4, -0.2) is 21.5 Å². The molecule has 1 unspecified atom stereocenters. The molecule has 7 nitrogen and oxygen atoms in total. The van der Waals surface area contributed by atoms with Gasteiger partial charge in [-0.1, -0.05) is 0 Å². The summed E-state index contributed by atoms with van der Waals surface area (Å²) >= 11 is 0. The molecule has 20 heavy (non-hydrogen) atoms. The maximum atomic E-state index is 11.8. The molecule has 5 N–H and O–H groups in total. The quantitative estimate of drug-likeness (QED) is 0.720. The zero-order valence-electron chi connectivity index (χ0n) is 10.9. The predicted octanol–water partition coefficient (Wildman–Crippen LogP) is 0.888. The highest BCUT2D eigenvalue weighted by Crippen LogP contribution is 2.22. The number of amides is 3. The monoisotopic (exact) mass is 273 g/mol. The van der Waals surface area contributed by atoms with Crippen LogP contribution in [0.4, 0.5) is 10.5 Å². The lowest BCUT2D eigenvalue weighted by molar-refractivity contribution is -0.122. The molecule has 2 aromatic rings. The smallest absolute Gasteiger partial charge is 0.318 e. The van der Waals surface area contributed by atoms with E-state index in [9.17, 15) is 9.59 Å². The second kappa shape index (κ2) is 5.43. The van der Waals surface area contributed by atoms with Crippen molar-refractivity contribution in [2.24, 2.45) is 5.73 Å². The zero-order chi connectivity index (χ0) is 14.7. The Labute approximate surface area is 115 Å². The summed E-state index contributed by atoms with van der Waals surface area (Å²) in [5.41, 5.74) is 12.0. The van der Waals surface area contributed by atoms with Crippen molar-refractivity contribution in [3.63, 3.8) is 0 Å². The number of urea groups is 1. The van der Waals surface area contributed by atoms with Gasteiger partial charge in [0.25, 0.3) is 5.91 Å². The third-order valence-corrected chi connectivity index (χ3v) is 2.88. The molecule has 0 radical (unpaired) electrons. The van der Waals surface area contributed by atoms with E-state index >= 15 is 0 Å². The number of carbonyl (C=O) groups is 2. The molecule has 0 bridgehead atoms. The van der Waals surface area contributed by atoms with Crippen LogP contribution in [0.1, 0.15) is 13.0 Å². The van der Waals surface area contributed by atoms with E-state index in [2.05, 4.69) is 4.98 Å². The Morgan fingerprint density at radius 2 is 1.95 bits per heavy atom. The molecular weight excluding hydrogens is 258 g/mol. The lowest BCUT2D eigenvalue weighted by Crippen LogP contribution is -2.39. The van der Waals surface area contributed by atoms with Crippen molar-refractivity contribution >= 4 is 17.6 Å². The van der Waals surface area contributed by atoms with Gasteiger partial charge in [-0.25, -0.2) is 9.78 Å². The summed E-state index contributed by atoms with van der Waals surface area (Å²) in [7, 11) is 0. The lowest BCUT2D eigenvalue weighted by Gasteiger charge is -2.15. The molecule has 0 aliphatic carbocycles. The van der Waals surface area contributed by atoms with Gasteiger partial charge in [0.2, 0.25) is 0 Å². The van der Waals surface area contributed by atoms with Gasteiger partial charge in [-0.3, -0.25) is 10.1 Å². The molecule has 0 spiro atoms. The molecule has 1 aromatic heterocycles. The number of rotatable bonds is 3. The first-order chi connectivity index (χ1) is 9.49. The molecule has 2 rings (SSSR count). The van der Waals surface area contributed by atoms with Crippen molar-refractivity contribution in [1.29, 1.82) is 0 Å². The van der Waals surface area contributed by atoms with Gasteiger partial charge in [0.1, 0.15) is 11.9 Å². The molecule has 1 heterocycles. The molecule has 1 aromatic carbocycles. The van der Waals surface area contributed by atoms with Crippen molar-refractivity contribution in [1.82, 2.24) is 14.9 Å². The van der Waals surface area contributed by atoms with E-state index in [1.54, 1.807) is 36.0 Å². The fraction of sp³-hybridized carbons (Fsp3) is 0.154. The highest BCUT2D eigenvalue weighted by atomic mass is 16.2. The number of imide groups is 1. The number of nitrogens with two attached hydrogens (primary N) is 2. The van der Waals surface area contributed by atoms with Crippen molar-refractivity contribution < 1.29 is 9.59 Å². The minimum Gasteiger partial charge on any atom is -0.399 e. The number of nitrogens with zero attached hydrogens (tertiary/aromatic N) is 2. The molecule has 0 fully saturated rings. The Bertz CT molecular complexity index is 632. The number of carbonyl (C=O) groups excluding carboxylic acids is 2. The molecule has 7 heteroatoms. The summed E-state index contributed by atoms with van der Waals surface area (Å²) in [6, 6.07) is 5.64. The van der Waals surface area contributed by atoms with E-state index in [1.165, 1.54) is 0 Å². The van der Waals surface area contributed by atoms with Crippen LogP contribution in [-0.2, 0) is 4.79 Å². The van der Waals surface area contributed by atoms with E-state index < -0.39 is 18.0 Å². The number of hydrogen-bond donors (Lipinski definition) is 3. The van der Waals surface area contributed by atoms with Crippen LogP contribution >= 0.6 is 0 Å². The SMILES string of the molecule is CC(C(=O)NC(N)=O)n1ccnc1-c1ccc(N)cc1. The second-order valence-corrected chi connectivity index (χ2v) is 4.31. The molecular formula is C13H15N5O2. The first kappa shape index (κ1) is 13.6. The zero-order valence-corrected chi connectivity index (χ0v) is 10.9. The number of primary amides is 1. The predicted molar refractivity (Wildman–Crippen MR) is 74.5 cm³/mol. The molecule has 1 atom stereocenters. The number of anilines is 1. The summed E-state index contributed by atoms with van der Waals surface area (Å²) in [5.74, 6) is 0.115. The highest BCUT2D eigenvalue weighted by molar-refractivity contribution is 5.95. The Balaban J connectivity index is 2.30. The van der Waals surface area contributed by atoms with E-state index in [1.807, 2.05) is 17.4 Å². The van der Waals surface area contributed by atoms with Gasteiger partial charge in [-0.2, -0.15) is 0 Å². The number of nitrogen functional groups attached to an aromatic ring is 1. The van der Waals surface area contributed by atoms with Crippen LogP contribution in [0.5, 0.6) is 0 Å².